The van der Waals surface area contributed by atoms with Crippen molar-refractivity contribution >= 4 is 0 Å². The first-order chi connectivity index (χ1) is 19.5. The van der Waals surface area contributed by atoms with Gasteiger partial charge in [-0.3, -0.25) is 0 Å². The van der Waals surface area contributed by atoms with E-state index in [2.05, 4.69) is 28.8 Å². The molecule has 4 aromatic rings. The molecular weight excluding hydrogens is 540 g/mol. The van der Waals surface area contributed by atoms with E-state index in [-0.39, 0.29) is 23.4 Å². The molecule has 0 aliphatic heterocycles. The van der Waals surface area contributed by atoms with Crippen LogP contribution in [0, 0.1) is 5.82 Å². The first-order valence-electron chi connectivity index (χ1n) is 13.3. The Labute approximate surface area is 233 Å². The van der Waals surface area contributed by atoms with Gasteiger partial charge in [-0.15, -0.1) is 0 Å². The Bertz CT molecular complexity index is 1650. The van der Waals surface area contributed by atoms with E-state index in [0.717, 1.165) is 53.4 Å². The normalized spacial score (nSPS) is 16.1. The van der Waals surface area contributed by atoms with Gasteiger partial charge in [0.1, 0.15) is 30.1 Å². The zero-order chi connectivity index (χ0) is 29.1. The fraction of sp³-hybridized carbons (Fsp3) is 0.414. The Morgan fingerprint density at radius 3 is 2.51 bits per heavy atom. The van der Waals surface area contributed by atoms with E-state index in [9.17, 15) is 13.2 Å². The molecule has 3 heterocycles. The third kappa shape index (κ3) is 5.00. The third-order valence-electron chi connectivity index (χ3n) is 7.65. The Balaban J connectivity index is 1.33. The summed E-state index contributed by atoms with van der Waals surface area (Å²) in [5.41, 5.74) is 2.43. The number of nitrogens with zero attached hydrogens (tertiary/aromatic N) is 6. The molecule has 0 amide bonds. The van der Waals surface area contributed by atoms with Crippen molar-refractivity contribution in [3.05, 3.63) is 64.7 Å². The molecule has 3 aromatic heterocycles. The number of ether oxygens (including phenoxy) is 2. The lowest BCUT2D eigenvalue weighted by Crippen LogP contribution is -2.16. The van der Waals surface area contributed by atoms with Crippen molar-refractivity contribution in [1.29, 1.82) is 0 Å². The van der Waals surface area contributed by atoms with Crippen molar-refractivity contribution in [2.75, 3.05) is 7.11 Å². The molecule has 2 aliphatic carbocycles. The molecule has 0 radical (unpaired) electrons. The number of hydrogen-bond donors (Lipinski definition) is 0. The van der Waals surface area contributed by atoms with E-state index in [1.165, 1.54) is 25.5 Å². The van der Waals surface area contributed by atoms with Gasteiger partial charge in [0.25, 0.3) is 0 Å². The fourth-order valence-corrected chi connectivity index (χ4v) is 5.28. The number of aryl methyl sites for hydroxylation is 1. The highest BCUT2D eigenvalue weighted by atomic mass is 19.4. The maximum absolute atomic E-state index is 15.1. The molecule has 214 valence electrons. The van der Waals surface area contributed by atoms with Crippen molar-refractivity contribution in [3.8, 4) is 34.5 Å². The predicted molar refractivity (Wildman–Crippen MR) is 141 cm³/mol. The van der Waals surface area contributed by atoms with Crippen LogP contribution in [0.5, 0.6) is 11.8 Å². The maximum atomic E-state index is 15.1. The summed E-state index contributed by atoms with van der Waals surface area (Å²) in [6.45, 7) is 4.23. The molecular formula is C29H28F4N6O2. The Kier molecular flexibility index (Phi) is 6.46. The smallest absolute Gasteiger partial charge is 0.434 e. The van der Waals surface area contributed by atoms with E-state index >= 15 is 4.39 Å². The monoisotopic (exact) mass is 568 g/mol. The zero-order valence-electron chi connectivity index (χ0n) is 23.0. The Hall–Kier alpha value is -4.09. The molecule has 12 heteroatoms. The van der Waals surface area contributed by atoms with Crippen molar-refractivity contribution in [1.82, 2.24) is 29.5 Å². The van der Waals surface area contributed by atoms with Crippen molar-refractivity contribution in [2.45, 2.75) is 63.6 Å². The molecule has 0 unspecified atom stereocenters. The summed E-state index contributed by atoms with van der Waals surface area (Å²) < 4.78 is 67.3. The third-order valence-corrected chi connectivity index (χ3v) is 7.65. The van der Waals surface area contributed by atoms with Crippen LogP contribution in [0.2, 0.25) is 0 Å². The van der Waals surface area contributed by atoms with E-state index < -0.39 is 17.7 Å². The molecule has 1 fully saturated rings. The van der Waals surface area contributed by atoms with Gasteiger partial charge in [0.2, 0.25) is 11.8 Å². The molecule has 0 bridgehead atoms. The summed E-state index contributed by atoms with van der Waals surface area (Å²) in [5.74, 6) is 0.682. The van der Waals surface area contributed by atoms with Crippen LogP contribution >= 0.6 is 0 Å². The molecule has 1 saturated carbocycles. The lowest BCUT2D eigenvalue weighted by molar-refractivity contribution is -0.140. The number of benzene rings is 1. The van der Waals surface area contributed by atoms with Crippen LogP contribution in [0.4, 0.5) is 17.6 Å². The minimum Gasteiger partial charge on any atom is -0.480 e. The SMILES string of the molecule is COc1ncnc(C2CC2)c1-c1nc(OCc2ccc(-c3nc(C(F)(F)F)cn3C)c(F)c2)c2c(n1)C(C)(C)CC2. The molecule has 8 nitrogen and oxygen atoms in total. The van der Waals surface area contributed by atoms with Crippen LogP contribution in [-0.4, -0.2) is 36.6 Å². The lowest BCUT2D eigenvalue weighted by atomic mass is 9.90. The highest BCUT2D eigenvalue weighted by Gasteiger charge is 2.38. The van der Waals surface area contributed by atoms with Gasteiger partial charge >= 0.3 is 6.18 Å². The van der Waals surface area contributed by atoms with Crippen molar-refractivity contribution in [3.63, 3.8) is 0 Å². The fourth-order valence-electron chi connectivity index (χ4n) is 5.28. The van der Waals surface area contributed by atoms with Crippen LogP contribution in [-0.2, 0) is 31.7 Å². The molecule has 6 rings (SSSR count). The number of halogens is 4. The summed E-state index contributed by atoms with van der Waals surface area (Å²) in [5, 5.41) is 0. The largest absolute Gasteiger partial charge is 0.480 e. The molecule has 2 aliphatic rings. The van der Waals surface area contributed by atoms with Crippen LogP contribution < -0.4 is 9.47 Å². The minimum atomic E-state index is -4.62. The second kappa shape index (κ2) is 9.78. The maximum Gasteiger partial charge on any atom is 0.434 e. The number of hydrogen-bond acceptors (Lipinski definition) is 7. The van der Waals surface area contributed by atoms with Gasteiger partial charge in [-0.2, -0.15) is 18.2 Å². The van der Waals surface area contributed by atoms with Gasteiger partial charge < -0.3 is 14.0 Å². The first kappa shape index (κ1) is 27.1. The molecule has 0 atom stereocenters. The van der Waals surface area contributed by atoms with Gasteiger partial charge in [-0.05, 0) is 43.4 Å². The average Bonchev–Trinajstić information content (AvgIpc) is 3.63. The number of alkyl halides is 3. The number of rotatable bonds is 7. The van der Waals surface area contributed by atoms with Crippen LogP contribution in [0.15, 0.2) is 30.7 Å². The van der Waals surface area contributed by atoms with Crippen LogP contribution in [0.25, 0.3) is 22.8 Å². The van der Waals surface area contributed by atoms with E-state index in [0.29, 0.717) is 34.6 Å². The van der Waals surface area contributed by atoms with Crippen molar-refractivity contribution < 1.29 is 27.0 Å². The van der Waals surface area contributed by atoms with Gasteiger partial charge in [0.05, 0.1) is 24.1 Å². The summed E-state index contributed by atoms with van der Waals surface area (Å²) in [7, 11) is 2.94. The molecule has 1 aromatic carbocycles. The number of fused-ring (bicyclic) bond motifs is 1. The molecule has 0 saturated heterocycles. The highest BCUT2D eigenvalue weighted by Crippen LogP contribution is 2.47. The van der Waals surface area contributed by atoms with Gasteiger partial charge in [-0.25, -0.2) is 24.3 Å². The van der Waals surface area contributed by atoms with E-state index in [1.807, 2.05) is 0 Å². The predicted octanol–water partition coefficient (Wildman–Crippen LogP) is 6.18. The van der Waals surface area contributed by atoms with Gasteiger partial charge in [0.15, 0.2) is 11.5 Å². The topological polar surface area (TPSA) is 87.8 Å². The van der Waals surface area contributed by atoms with E-state index in [4.69, 9.17) is 19.4 Å². The second-order valence-electron chi connectivity index (χ2n) is 11.1. The zero-order valence-corrected chi connectivity index (χ0v) is 23.0. The highest BCUT2D eigenvalue weighted by molar-refractivity contribution is 5.67. The Morgan fingerprint density at radius 2 is 1.85 bits per heavy atom. The first-order valence-corrected chi connectivity index (χ1v) is 13.3. The second-order valence-corrected chi connectivity index (χ2v) is 11.1. The standard InChI is InChI=1S/C29H28F4N6O2/c1-28(2)10-9-18-23(28)37-24(21-22(16-6-7-16)34-14-35-27(21)40-4)38-26(18)41-13-15-5-8-17(19(30)11-15)25-36-20(12-39(25)3)29(31,32)33/h5,8,11-12,14,16H,6-7,9-10,13H2,1-4H3. The summed E-state index contributed by atoms with van der Waals surface area (Å²) >= 11 is 0. The summed E-state index contributed by atoms with van der Waals surface area (Å²) in [4.78, 5) is 22.2. The number of aromatic nitrogens is 6. The lowest BCUT2D eigenvalue weighted by Gasteiger charge is -2.20. The molecule has 0 N–H and O–H groups in total. The summed E-state index contributed by atoms with van der Waals surface area (Å²) in [6.07, 6.45) is 1.32. The minimum absolute atomic E-state index is 0.00715. The number of imidazole rings is 1. The molecule has 0 spiro atoms. The van der Waals surface area contributed by atoms with E-state index in [1.54, 1.807) is 13.2 Å². The Morgan fingerprint density at radius 1 is 1.07 bits per heavy atom. The van der Waals surface area contributed by atoms with Gasteiger partial charge in [-0.1, -0.05) is 19.9 Å². The van der Waals surface area contributed by atoms with Crippen LogP contribution in [0.1, 0.15) is 67.2 Å². The quantitative estimate of drug-likeness (QED) is 0.246. The summed E-state index contributed by atoms with van der Waals surface area (Å²) in [6, 6.07) is 4.25. The van der Waals surface area contributed by atoms with Crippen LogP contribution in [0.3, 0.4) is 0 Å². The van der Waals surface area contributed by atoms with Crippen molar-refractivity contribution in [2.24, 2.45) is 7.05 Å². The molecule has 41 heavy (non-hydrogen) atoms. The number of methoxy groups -OCH3 is 1. The average molecular weight is 569 g/mol. The van der Waals surface area contributed by atoms with Gasteiger partial charge in [0, 0.05) is 30.1 Å².